The second-order valence-electron chi connectivity index (χ2n) is 4.97. The van der Waals surface area contributed by atoms with Gasteiger partial charge in [-0.25, -0.2) is 8.42 Å². The number of likely N-dealkylation sites (N-methyl/N-ethyl adjacent to an activating group) is 1. The number of amidine groups is 1. The number of aliphatic imine (C=N–C) groups is 1. The summed E-state index contributed by atoms with van der Waals surface area (Å²) in [5.41, 5.74) is 0.562. The molecule has 2 aliphatic heterocycles. The summed E-state index contributed by atoms with van der Waals surface area (Å²) in [6, 6.07) is 0. The van der Waals surface area contributed by atoms with E-state index in [0.29, 0.717) is 5.70 Å². The van der Waals surface area contributed by atoms with Gasteiger partial charge in [-0.05, 0) is 20.8 Å². The van der Waals surface area contributed by atoms with Gasteiger partial charge in [0.25, 0.3) is 20.1 Å². The Hall–Kier alpha value is -0.810. The largest absolute Gasteiger partial charge is 0.701 e. The summed E-state index contributed by atoms with van der Waals surface area (Å²) in [4.78, 5) is 3.97. The van der Waals surface area contributed by atoms with E-state index in [0.717, 1.165) is 0 Å². The number of quaternary nitrogens is 1. The summed E-state index contributed by atoms with van der Waals surface area (Å²) >= 11 is 0. The Balaban J connectivity index is 2.77. The average Bonchev–Trinajstić information content (AvgIpc) is 2.85. The van der Waals surface area contributed by atoms with E-state index in [2.05, 4.69) is 10.3 Å². The monoisotopic (exact) mass is 323 g/mol. The molecular weight excluding hydrogens is 306 g/mol. The van der Waals surface area contributed by atoms with E-state index in [1.807, 2.05) is 0 Å². The zero-order chi connectivity index (χ0) is 15.3. The molecule has 1 atom stereocenters. The van der Waals surface area contributed by atoms with Crippen LogP contribution in [0.3, 0.4) is 0 Å². The summed E-state index contributed by atoms with van der Waals surface area (Å²) < 4.78 is 59.0. The van der Waals surface area contributed by atoms with Crippen LogP contribution in [0.15, 0.2) is 16.4 Å². The second kappa shape index (κ2) is 4.60. The molecule has 0 aromatic rings. The molecule has 0 aromatic heterocycles. The molecular formula is C10H17N3O5S2. The molecule has 0 saturated carbocycles. The van der Waals surface area contributed by atoms with Crippen molar-refractivity contribution in [2.24, 2.45) is 4.99 Å². The molecule has 0 amide bonds. The van der Waals surface area contributed by atoms with Crippen molar-refractivity contribution >= 4 is 25.3 Å². The van der Waals surface area contributed by atoms with E-state index in [9.17, 15) is 21.4 Å². The Morgan fingerprint density at radius 2 is 1.90 bits per heavy atom. The van der Waals surface area contributed by atoms with Crippen LogP contribution in [0.25, 0.3) is 0 Å². The number of nitrogens with one attached hydrogen (secondary N) is 1. The molecule has 0 radical (unpaired) electrons. The van der Waals surface area contributed by atoms with Crippen molar-refractivity contribution in [1.82, 2.24) is 5.32 Å². The van der Waals surface area contributed by atoms with E-state index in [-0.39, 0.29) is 25.3 Å². The molecule has 10 heteroatoms. The highest BCUT2D eigenvalue weighted by atomic mass is 32.2. The lowest BCUT2D eigenvalue weighted by Gasteiger charge is -2.35. The van der Waals surface area contributed by atoms with Gasteiger partial charge >= 0.3 is 5.17 Å². The Labute approximate surface area is 118 Å². The van der Waals surface area contributed by atoms with Gasteiger partial charge in [-0.1, -0.05) is 0 Å². The maximum absolute atomic E-state index is 12.4. The number of sulfone groups is 1. The lowest BCUT2D eigenvalue weighted by Crippen LogP contribution is -2.58. The van der Waals surface area contributed by atoms with E-state index >= 15 is 0 Å². The minimum absolute atomic E-state index is 0.144. The number of nitrogens with zero attached hydrogens (tertiary/aromatic N) is 2. The molecule has 20 heavy (non-hydrogen) atoms. The molecule has 2 rings (SSSR count). The summed E-state index contributed by atoms with van der Waals surface area (Å²) in [6.07, 6.45) is 0. The Morgan fingerprint density at radius 3 is 2.35 bits per heavy atom. The molecule has 2 heterocycles. The van der Waals surface area contributed by atoms with E-state index in [4.69, 9.17) is 0 Å². The molecule has 0 bridgehead atoms. The van der Waals surface area contributed by atoms with E-state index in [1.54, 1.807) is 0 Å². The summed E-state index contributed by atoms with van der Waals surface area (Å²) in [5.74, 6) is 0. The van der Waals surface area contributed by atoms with Crippen molar-refractivity contribution in [2.45, 2.75) is 26.0 Å². The van der Waals surface area contributed by atoms with Gasteiger partial charge in [0.15, 0.2) is 5.70 Å². The number of hydrogen-bond acceptors (Lipinski definition) is 7. The van der Waals surface area contributed by atoms with Crippen LogP contribution in [0.4, 0.5) is 0 Å². The lowest BCUT2D eigenvalue weighted by atomic mass is 10.4. The summed E-state index contributed by atoms with van der Waals surface area (Å²) in [6.45, 7) is 4.54. The van der Waals surface area contributed by atoms with Crippen LogP contribution in [-0.2, 0) is 20.1 Å². The SMILES string of the molecule is CC[N+]1(S(=O)(=O)[O-])C(S(=O)(=O)C(C)C)=NC2=C1CNC2. The molecule has 0 spiro atoms. The van der Waals surface area contributed by atoms with Crippen LogP contribution in [0.2, 0.25) is 0 Å². The first-order chi connectivity index (χ1) is 9.09. The molecule has 0 aromatic carbocycles. The van der Waals surface area contributed by atoms with Gasteiger partial charge in [0, 0.05) is 6.54 Å². The molecule has 0 fully saturated rings. The van der Waals surface area contributed by atoms with Crippen LogP contribution in [0.5, 0.6) is 0 Å². The van der Waals surface area contributed by atoms with Gasteiger partial charge in [-0.2, -0.15) is 13.4 Å². The normalized spacial score (nSPS) is 27.1. The van der Waals surface area contributed by atoms with Crippen molar-refractivity contribution in [3.8, 4) is 0 Å². The molecule has 0 aliphatic carbocycles. The molecule has 114 valence electrons. The zero-order valence-corrected chi connectivity index (χ0v) is 13.1. The van der Waals surface area contributed by atoms with Gasteiger partial charge in [0.05, 0.1) is 11.8 Å². The maximum atomic E-state index is 12.4. The molecule has 1 N–H and O–H groups in total. The fraction of sp³-hybridized carbons (Fsp3) is 0.700. The van der Waals surface area contributed by atoms with E-state index in [1.165, 1.54) is 20.8 Å². The Kier molecular flexibility index (Phi) is 3.58. The van der Waals surface area contributed by atoms with Crippen molar-refractivity contribution < 1.29 is 25.3 Å². The first kappa shape index (κ1) is 15.6. The third-order valence-electron chi connectivity index (χ3n) is 3.60. The molecule has 8 nitrogen and oxygen atoms in total. The van der Waals surface area contributed by atoms with Crippen LogP contribution >= 0.6 is 0 Å². The topological polar surface area (TPSA) is 116 Å². The Bertz CT molecular complexity index is 705. The minimum atomic E-state index is -4.95. The first-order valence-corrected chi connectivity index (χ1v) is 9.10. The van der Waals surface area contributed by atoms with Crippen LogP contribution in [0.1, 0.15) is 20.8 Å². The fourth-order valence-electron chi connectivity index (χ4n) is 2.45. The Morgan fingerprint density at radius 1 is 1.30 bits per heavy atom. The van der Waals surface area contributed by atoms with Gasteiger partial charge < -0.3 is 9.87 Å². The smallest absolute Gasteiger partial charge is 0.342 e. The summed E-state index contributed by atoms with van der Waals surface area (Å²) in [5, 5.41) is 1.49. The van der Waals surface area contributed by atoms with E-state index < -0.39 is 34.4 Å². The van der Waals surface area contributed by atoms with Gasteiger partial charge in [0.2, 0.25) is 0 Å². The predicted octanol–water partition coefficient (Wildman–Crippen LogP) is -0.709. The van der Waals surface area contributed by atoms with Gasteiger partial charge in [-0.15, -0.1) is 3.89 Å². The van der Waals surface area contributed by atoms with Gasteiger partial charge in [0.1, 0.15) is 12.2 Å². The highest BCUT2D eigenvalue weighted by Gasteiger charge is 2.57. The third kappa shape index (κ3) is 1.86. The first-order valence-electron chi connectivity index (χ1n) is 6.19. The highest BCUT2D eigenvalue weighted by Crippen LogP contribution is 2.37. The number of hydrogen-bond donors (Lipinski definition) is 1. The average molecular weight is 323 g/mol. The quantitative estimate of drug-likeness (QED) is 0.542. The van der Waals surface area contributed by atoms with Crippen LogP contribution in [0, 0.1) is 0 Å². The van der Waals surface area contributed by atoms with Crippen molar-refractivity contribution in [1.29, 1.82) is 0 Å². The molecule has 1 unspecified atom stereocenters. The number of rotatable bonds is 3. The highest BCUT2D eigenvalue weighted by molar-refractivity contribution is 8.07. The van der Waals surface area contributed by atoms with Crippen molar-refractivity contribution in [2.75, 3.05) is 19.6 Å². The van der Waals surface area contributed by atoms with Gasteiger partial charge in [-0.3, -0.25) is 0 Å². The fourth-order valence-corrected chi connectivity index (χ4v) is 5.33. The molecule has 0 saturated heterocycles. The predicted molar refractivity (Wildman–Crippen MR) is 71.9 cm³/mol. The minimum Gasteiger partial charge on any atom is -0.701 e. The van der Waals surface area contributed by atoms with Crippen LogP contribution in [-0.4, -0.2) is 55.3 Å². The maximum Gasteiger partial charge on any atom is 0.342 e. The molecule has 2 aliphatic rings. The van der Waals surface area contributed by atoms with Crippen LogP contribution < -0.4 is 5.32 Å². The third-order valence-corrected chi connectivity index (χ3v) is 7.28. The standard InChI is InChI=1S/C10H17N3O5S2/c1-4-13(20(16,17)18)9-6-11-5-8(9)12-10(13)19(14,15)7(2)3/h7,11H,4-6H2,1-3H3. The zero-order valence-electron chi connectivity index (χ0n) is 11.5. The van der Waals surface area contributed by atoms with Crippen molar-refractivity contribution in [3.05, 3.63) is 11.4 Å². The lowest BCUT2D eigenvalue weighted by molar-refractivity contribution is -0.663. The second-order valence-corrected chi connectivity index (χ2v) is 8.85. The van der Waals surface area contributed by atoms with Crippen molar-refractivity contribution in [3.63, 3.8) is 0 Å². The summed E-state index contributed by atoms with van der Waals surface area (Å²) in [7, 11) is -8.90.